The van der Waals surface area contributed by atoms with Crippen LogP contribution in [0.3, 0.4) is 0 Å². The molecule has 2 aliphatic rings. The Morgan fingerprint density at radius 1 is 1.29 bits per heavy atom. The quantitative estimate of drug-likeness (QED) is 0.746. The zero-order valence-corrected chi connectivity index (χ0v) is 9.30. The highest BCUT2D eigenvalue weighted by atomic mass is 16.5. The van der Waals surface area contributed by atoms with Crippen LogP contribution in [0.2, 0.25) is 0 Å². The molecule has 0 aromatic heterocycles. The molecule has 0 aromatic rings. The second-order valence-electron chi connectivity index (χ2n) is 5.08. The van der Waals surface area contributed by atoms with Crippen LogP contribution in [0.1, 0.15) is 39.0 Å². The van der Waals surface area contributed by atoms with E-state index in [4.69, 9.17) is 4.74 Å². The van der Waals surface area contributed by atoms with E-state index in [0.717, 1.165) is 18.4 Å². The zero-order valence-electron chi connectivity index (χ0n) is 9.30. The summed E-state index contributed by atoms with van der Waals surface area (Å²) >= 11 is 0. The van der Waals surface area contributed by atoms with Crippen molar-refractivity contribution >= 4 is 0 Å². The lowest BCUT2D eigenvalue weighted by molar-refractivity contribution is 0.00660. The molecule has 1 aliphatic carbocycles. The van der Waals surface area contributed by atoms with Gasteiger partial charge in [0.25, 0.3) is 0 Å². The van der Waals surface area contributed by atoms with Crippen LogP contribution in [0.5, 0.6) is 0 Å². The lowest BCUT2D eigenvalue weighted by atomic mass is 9.88. The third-order valence-corrected chi connectivity index (χ3v) is 3.63. The van der Waals surface area contributed by atoms with E-state index in [0.29, 0.717) is 6.10 Å². The maximum Gasteiger partial charge on any atom is 0.0577 e. The van der Waals surface area contributed by atoms with E-state index in [-0.39, 0.29) is 0 Å². The second-order valence-corrected chi connectivity index (χ2v) is 5.08. The highest BCUT2D eigenvalue weighted by Gasteiger charge is 2.20. The Morgan fingerprint density at radius 2 is 2.14 bits per heavy atom. The Hall–Kier alpha value is -0.0800. The first kappa shape index (κ1) is 10.4. The fraction of sp³-hybridized carbons (Fsp3) is 1.00. The SMILES string of the molecule is CC1CCCC(OCCC2CNC2)C1. The number of hydrogen-bond acceptors (Lipinski definition) is 2. The predicted octanol–water partition coefficient (Wildman–Crippen LogP) is 2.19. The van der Waals surface area contributed by atoms with E-state index in [1.807, 2.05) is 0 Å². The second kappa shape index (κ2) is 5.13. The molecule has 2 heteroatoms. The van der Waals surface area contributed by atoms with Crippen LogP contribution in [0.25, 0.3) is 0 Å². The largest absolute Gasteiger partial charge is 0.378 e. The molecule has 2 rings (SSSR count). The molecule has 2 nitrogen and oxygen atoms in total. The minimum atomic E-state index is 0.576. The van der Waals surface area contributed by atoms with Gasteiger partial charge < -0.3 is 10.1 Å². The molecule has 0 radical (unpaired) electrons. The Kier molecular flexibility index (Phi) is 3.82. The van der Waals surface area contributed by atoms with Gasteiger partial charge in [-0.1, -0.05) is 19.8 Å². The third kappa shape index (κ3) is 2.96. The van der Waals surface area contributed by atoms with Crippen molar-refractivity contribution in [2.24, 2.45) is 11.8 Å². The molecular weight excluding hydrogens is 174 g/mol. The summed E-state index contributed by atoms with van der Waals surface area (Å²) in [6.07, 6.45) is 7.21. The van der Waals surface area contributed by atoms with E-state index < -0.39 is 0 Å². The van der Waals surface area contributed by atoms with Gasteiger partial charge in [-0.3, -0.25) is 0 Å². The molecule has 1 heterocycles. The van der Waals surface area contributed by atoms with Crippen molar-refractivity contribution in [2.75, 3.05) is 19.7 Å². The molecule has 1 aliphatic heterocycles. The normalized spacial score (nSPS) is 34.1. The number of hydrogen-bond donors (Lipinski definition) is 1. The van der Waals surface area contributed by atoms with Crippen molar-refractivity contribution in [3.63, 3.8) is 0 Å². The van der Waals surface area contributed by atoms with Gasteiger partial charge in [-0.05, 0) is 44.2 Å². The van der Waals surface area contributed by atoms with E-state index >= 15 is 0 Å². The van der Waals surface area contributed by atoms with Crippen LogP contribution in [-0.2, 0) is 4.74 Å². The average Bonchev–Trinajstić information content (AvgIpc) is 2.09. The minimum absolute atomic E-state index is 0.576. The van der Waals surface area contributed by atoms with E-state index in [2.05, 4.69) is 12.2 Å². The van der Waals surface area contributed by atoms with Gasteiger partial charge in [0, 0.05) is 6.61 Å². The predicted molar refractivity (Wildman–Crippen MR) is 58.3 cm³/mol. The molecule has 1 N–H and O–H groups in total. The van der Waals surface area contributed by atoms with Crippen LogP contribution in [0.15, 0.2) is 0 Å². The Balaban J connectivity index is 1.55. The van der Waals surface area contributed by atoms with Gasteiger partial charge in [0.05, 0.1) is 6.10 Å². The van der Waals surface area contributed by atoms with Crippen molar-refractivity contribution in [1.29, 1.82) is 0 Å². The summed E-state index contributed by atoms with van der Waals surface area (Å²) in [5, 5.41) is 3.30. The first-order valence-electron chi connectivity index (χ1n) is 6.17. The van der Waals surface area contributed by atoms with Gasteiger partial charge in [-0.25, -0.2) is 0 Å². The minimum Gasteiger partial charge on any atom is -0.378 e. The molecule has 14 heavy (non-hydrogen) atoms. The Labute approximate surface area is 87.4 Å². The third-order valence-electron chi connectivity index (χ3n) is 3.63. The van der Waals surface area contributed by atoms with Crippen LogP contribution < -0.4 is 5.32 Å². The molecule has 0 aromatic carbocycles. The van der Waals surface area contributed by atoms with Crippen molar-refractivity contribution in [3.05, 3.63) is 0 Å². The molecular formula is C12H23NO. The van der Waals surface area contributed by atoms with Crippen LogP contribution >= 0.6 is 0 Å². The molecule has 1 saturated heterocycles. The molecule has 82 valence electrons. The monoisotopic (exact) mass is 197 g/mol. The standard InChI is InChI=1S/C12H23NO/c1-10-3-2-4-12(7-10)14-6-5-11-8-13-9-11/h10-13H,2-9H2,1H3. The fourth-order valence-electron chi connectivity index (χ4n) is 2.48. The highest BCUT2D eigenvalue weighted by molar-refractivity contribution is 4.75. The fourth-order valence-corrected chi connectivity index (χ4v) is 2.48. The molecule has 2 fully saturated rings. The van der Waals surface area contributed by atoms with Crippen LogP contribution in [0.4, 0.5) is 0 Å². The van der Waals surface area contributed by atoms with Gasteiger partial charge in [0.1, 0.15) is 0 Å². The van der Waals surface area contributed by atoms with E-state index in [1.165, 1.54) is 45.2 Å². The van der Waals surface area contributed by atoms with Gasteiger partial charge in [0.2, 0.25) is 0 Å². The van der Waals surface area contributed by atoms with Crippen LogP contribution in [-0.4, -0.2) is 25.8 Å². The lowest BCUT2D eigenvalue weighted by Gasteiger charge is -2.30. The molecule has 0 bridgehead atoms. The van der Waals surface area contributed by atoms with Crippen LogP contribution in [0, 0.1) is 11.8 Å². The molecule has 1 saturated carbocycles. The number of ether oxygens (including phenoxy) is 1. The van der Waals surface area contributed by atoms with Crippen molar-refractivity contribution in [3.8, 4) is 0 Å². The summed E-state index contributed by atoms with van der Waals surface area (Å²) < 4.78 is 5.93. The molecule has 0 amide bonds. The summed E-state index contributed by atoms with van der Waals surface area (Å²) in [7, 11) is 0. The topological polar surface area (TPSA) is 21.3 Å². The van der Waals surface area contributed by atoms with Crippen molar-refractivity contribution < 1.29 is 4.74 Å². The molecule has 2 atom stereocenters. The van der Waals surface area contributed by atoms with Gasteiger partial charge in [-0.2, -0.15) is 0 Å². The van der Waals surface area contributed by atoms with Gasteiger partial charge in [0.15, 0.2) is 0 Å². The molecule has 0 spiro atoms. The summed E-state index contributed by atoms with van der Waals surface area (Å²) in [6.45, 7) is 5.77. The average molecular weight is 197 g/mol. The zero-order chi connectivity index (χ0) is 9.80. The first-order valence-corrected chi connectivity index (χ1v) is 6.17. The number of rotatable bonds is 4. The summed E-state index contributed by atoms with van der Waals surface area (Å²) in [6, 6.07) is 0. The molecule has 2 unspecified atom stereocenters. The smallest absolute Gasteiger partial charge is 0.0577 e. The first-order chi connectivity index (χ1) is 6.84. The highest BCUT2D eigenvalue weighted by Crippen LogP contribution is 2.26. The summed E-state index contributed by atoms with van der Waals surface area (Å²) in [4.78, 5) is 0. The van der Waals surface area contributed by atoms with Crippen molar-refractivity contribution in [1.82, 2.24) is 5.32 Å². The number of nitrogens with one attached hydrogen (secondary N) is 1. The maximum absolute atomic E-state index is 5.93. The Bertz CT molecular complexity index is 168. The summed E-state index contributed by atoms with van der Waals surface area (Å²) in [5.74, 6) is 1.79. The lowest BCUT2D eigenvalue weighted by Crippen LogP contribution is -2.42. The van der Waals surface area contributed by atoms with E-state index in [9.17, 15) is 0 Å². The van der Waals surface area contributed by atoms with Gasteiger partial charge in [-0.15, -0.1) is 0 Å². The van der Waals surface area contributed by atoms with E-state index in [1.54, 1.807) is 0 Å². The van der Waals surface area contributed by atoms with Crippen molar-refractivity contribution in [2.45, 2.75) is 45.1 Å². The maximum atomic E-state index is 5.93. The van der Waals surface area contributed by atoms with Gasteiger partial charge >= 0.3 is 0 Å². The Morgan fingerprint density at radius 3 is 2.79 bits per heavy atom. The summed E-state index contributed by atoms with van der Waals surface area (Å²) in [5.41, 5.74) is 0.